The first-order valence-corrected chi connectivity index (χ1v) is 8.61. The summed E-state index contributed by atoms with van der Waals surface area (Å²) in [5.74, 6) is -0.323. The lowest BCUT2D eigenvalue weighted by atomic mass is 9.74. The predicted octanol–water partition coefficient (Wildman–Crippen LogP) is 5.97. The molecule has 0 aromatic heterocycles. The summed E-state index contributed by atoms with van der Waals surface area (Å²) < 4.78 is 54.7. The van der Waals surface area contributed by atoms with Crippen molar-refractivity contribution in [1.82, 2.24) is 0 Å². The Morgan fingerprint density at radius 3 is 2.42 bits per heavy atom. The van der Waals surface area contributed by atoms with Gasteiger partial charge in [-0.25, -0.2) is 4.39 Å². The Bertz CT molecular complexity index is 625. The molecule has 0 saturated heterocycles. The fourth-order valence-corrected chi connectivity index (χ4v) is 3.98. The number of allylic oxidation sites excluding steroid dienone is 2. The first-order chi connectivity index (χ1) is 11.4. The molecule has 1 saturated carbocycles. The van der Waals surface area contributed by atoms with Crippen molar-refractivity contribution in [2.75, 3.05) is 0 Å². The predicted molar refractivity (Wildman–Crippen MR) is 84.3 cm³/mol. The maximum absolute atomic E-state index is 13.9. The molecule has 0 bridgehead atoms. The summed E-state index contributed by atoms with van der Waals surface area (Å²) in [6, 6.07) is 2.40. The Morgan fingerprint density at radius 1 is 1.08 bits per heavy atom. The molecule has 1 nitrogen and oxygen atoms in total. The van der Waals surface area contributed by atoms with Gasteiger partial charge in [0.1, 0.15) is 0 Å². The van der Waals surface area contributed by atoms with Crippen LogP contribution >= 0.6 is 0 Å². The van der Waals surface area contributed by atoms with Gasteiger partial charge in [0.25, 0.3) is 0 Å². The average Bonchev–Trinajstić information content (AvgIpc) is 2.54. The molecule has 0 N–H and O–H groups in total. The third-order valence-corrected chi connectivity index (χ3v) is 5.41. The van der Waals surface area contributed by atoms with Crippen molar-refractivity contribution in [3.63, 3.8) is 0 Å². The van der Waals surface area contributed by atoms with Gasteiger partial charge in [-0.05, 0) is 73.6 Å². The lowest BCUT2D eigenvalue weighted by molar-refractivity contribution is -0.275. The van der Waals surface area contributed by atoms with Crippen LogP contribution in [-0.2, 0) is 12.8 Å². The summed E-state index contributed by atoms with van der Waals surface area (Å²) in [6.45, 7) is 2.23. The topological polar surface area (TPSA) is 9.23 Å². The highest BCUT2D eigenvalue weighted by Crippen LogP contribution is 2.39. The number of halogens is 4. The molecule has 0 atom stereocenters. The molecule has 2 aliphatic carbocycles. The lowest BCUT2D eigenvalue weighted by Crippen LogP contribution is -2.20. The van der Waals surface area contributed by atoms with E-state index in [4.69, 9.17) is 0 Å². The van der Waals surface area contributed by atoms with E-state index in [-0.39, 0.29) is 0 Å². The normalized spacial score (nSPS) is 24.3. The molecule has 3 rings (SSSR count). The van der Waals surface area contributed by atoms with Crippen LogP contribution in [0.1, 0.15) is 50.2 Å². The fourth-order valence-electron chi connectivity index (χ4n) is 3.98. The molecule has 1 aromatic carbocycles. The van der Waals surface area contributed by atoms with Crippen molar-refractivity contribution in [3.8, 4) is 5.75 Å². The number of hydrogen-bond acceptors (Lipinski definition) is 1. The molecule has 5 heteroatoms. The van der Waals surface area contributed by atoms with E-state index in [9.17, 15) is 17.6 Å². The molecule has 132 valence electrons. The molecular weight excluding hydrogens is 320 g/mol. The highest BCUT2D eigenvalue weighted by molar-refractivity contribution is 5.43. The fraction of sp³-hybridized carbons (Fsp3) is 0.579. The van der Waals surface area contributed by atoms with Gasteiger partial charge in [0.2, 0.25) is 0 Å². The lowest BCUT2D eigenvalue weighted by Gasteiger charge is -2.31. The van der Waals surface area contributed by atoms with E-state index in [2.05, 4.69) is 17.7 Å². The summed E-state index contributed by atoms with van der Waals surface area (Å²) in [5.41, 5.74) is 2.83. The maximum atomic E-state index is 13.9. The van der Waals surface area contributed by atoms with Crippen molar-refractivity contribution in [2.45, 2.75) is 58.2 Å². The average molecular weight is 342 g/mol. The van der Waals surface area contributed by atoms with Gasteiger partial charge in [-0.15, -0.1) is 13.2 Å². The Balaban J connectivity index is 1.72. The quantitative estimate of drug-likeness (QED) is 0.486. The Kier molecular flexibility index (Phi) is 4.88. The van der Waals surface area contributed by atoms with Crippen molar-refractivity contribution in [2.24, 2.45) is 11.8 Å². The zero-order valence-electron chi connectivity index (χ0n) is 13.8. The van der Waals surface area contributed by atoms with Crippen LogP contribution < -0.4 is 4.74 Å². The van der Waals surface area contributed by atoms with Gasteiger partial charge in [0.15, 0.2) is 11.6 Å². The molecule has 2 aliphatic rings. The minimum absolute atomic E-state index is 0.537. The number of rotatable bonds is 3. The van der Waals surface area contributed by atoms with Crippen LogP contribution in [0.4, 0.5) is 17.6 Å². The van der Waals surface area contributed by atoms with Crippen LogP contribution in [0.5, 0.6) is 5.75 Å². The number of fused-ring (bicyclic) bond motifs is 1. The molecular formula is C19H22F4O. The van der Waals surface area contributed by atoms with Gasteiger partial charge in [0.05, 0.1) is 0 Å². The van der Waals surface area contributed by atoms with E-state index < -0.39 is 17.9 Å². The molecule has 0 amide bonds. The largest absolute Gasteiger partial charge is 0.573 e. The van der Waals surface area contributed by atoms with Crippen LogP contribution in [0.3, 0.4) is 0 Å². The van der Waals surface area contributed by atoms with Crippen molar-refractivity contribution in [3.05, 3.63) is 40.7 Å². The summed E-state index contributed by atoms with van der Waals surface area (Å²) in [4.78, 5) is 0. The van der Waals surface area contributed by atoms with Crippen LogP contribution in [0.15, 0.2) is 23.8 Å². The van der Waals surface area contributed by atoms with E-state index in [1.54, 1.807) is 0 Å². The second-order valence-electron chi connectivity index (χ2n) is 6.88. The summed E-state index contributed by atoms with van der Waals surface area (Å²) in [5, 5.41) is 0. The highest BCUT2D eigenvalue weighted by atomic mass is 19.4. The van der Waals surface area contributed by atoms with Crippen molar-refractivity contribution < 1.29 is 22.3 Å². The zero-order chi connectivity index (χ0) is 17.3. The first kappa shape index (κ1) is 17.3. The van der Waals surface area contributed by atoms with E-state index >= 15 is 0 Å². The van der Waals surface area contributed by atoms with E-state index in [0.29, 0.717) is 18.8 Å². The molecule has 0 aliphatic heterocycles. The molecule has 1 fully saturated rings. The smallest absolute Gasteiger partial charge is 0.403 e. The van der Waals surface area contributed by atoms with Crippen LogP contribution in [0.25, 0.3) is 0 Å². The highest BCUT2D eigenvalue weighted by Gasteiger charge is 2.33. The third-order valence-electron chi connectivity index (χ3n) is 5.41. The first-order valence-electron chi connectivity index (χ1n) is 8.61. The van der Waals surface area contributed by atoms with Gasteiger partial charge >= 0.3 is 6.36 Å². The minimum Gasteiger partial charge on any atom is -0.403 e. The molecule has 0 spiro atoms. The van der Waals surface area contributed by atoms with Crippen LogP contribution in [-0.4, -0.2) is 6.36 Å². The van der Waals surface area contributed by atoms with Gasteiger partial charge in [-0.1, -0.05) is 25.0 Å². The Morgan fingerprint density at radius 2 is 1.79 bits per heavy atom. The van der Waals surface area contributed by atoms with E-state index in [1.807, 2.05) is 0 Å². The molecule has 0 radical (unpaired) electrons. The standard InChI is InChI=1S/C19H22F4O/c1-2-12-3-5-13(6-4-12)14-7-8-15-11-18(24-19(21,22)23)17(20)10-16(15)9-14/h7,10-13H,2-6,8-9H2,1H3. The van der Waals surface area contributed by atoms with E-state index in [1.165, 1.54) is 37.0 Å². The molecule has 24 heavy (non-hydrogen) atoms. The molecule has 1 aromatic rings. The van der Waals surface area contributed by atoms with Crippen molar-refractivity contribution in [1.29, 1.82) is 0 Å². The SMILES string of the molecule is CCC1CCC(C2=CCc3cc(OC(F)(F)F)c(F)cc3C2)CC1. The number of alkyl halides is 3. The molecule has 0 heterocycles. The van der Waals surface area contributed by atoms with Crippen LogP contribution in [0, 0.1) is 17.7 Å². The maximum Gasteiger partial charge on any atom is 0.573 e. The monoisotopic (exact) mass is 342 g/mol. The zero-order valence-corrected chi connectivity index (χ0v) is 13.8. The molecule has 0 unspecified atom stereocenters. The van der Waals surface area contributed by atoms with Crippen LogP contribution in [0.2, 0.25) is 0 Å². The number of hydrogen-bond donors (Lipinski definition) is 0. The third kappa shape index (κ3) is 3.93. The Hall–Kier alpha value is -1.52. The second-order valence-corrected chi connectivity index (χ2v) is 6.88. The second kappa shape index (κ2) is 6.77. The summed E-state index contributed by atoms with van der Waals surface area (Å²) in [7, 11) is 0. The van der Waals surface area contributed by atoms with Gasteiger partial charge in [-0.2, -0.15) is 0 Å². The summed E-state index contributed by atoms with van der Waals surface area (Å²) in [6.07, 6.45) is 4.46. The van der Waals surface area contributed by atoms with Gasteiger partial charge in [-0.3, -0.25) is 0 Å². The Labute approximate surface area is 139 Å². The van der Waals surface area contributed by atoms with Crippen molar-refractivity contribution >= 4 is 0 Å². The van der Waals surface area contributed by atoms with Gasteiger partial charge < -0.3 is 4.74 Å². The van der Waals surface area contributed by atoms with E-state index in [0.717, 1.165) is 29.9 Å². The number of ether oxygens (including phenoxy) is 1. The summed E-state index contributed by atoms with van der Waals surface area (Å²) >= 11 is 0. The minimum atomic E-state index is -4.87. The van der Waals surface area contributed by atoms with Gasteiger partial charge in [0, 0.05) is 0 Å². The number of benzene rings is 1.